The van der Waals surface area contributed by atoms with Crippen molar-refractivity contribution in [1.82, 2.24) is 0 Å². The average molecular weight is 467 g/mol. The Balaban J connectivity index is 1.52. The van der Waals surface area contributed by atoms with E-state index in [1.54, 1.807) is 0 Å². The van der Waals surface area contributed by atoms with Crippen LogP contribution >= 0.6 is 11.8 Å². The number of thioether (sulfide) groups is 1. The van der Waals surface area contributed by atoms with E-state index < -0.39 is 29.9 Å². The number of ether oxygens (including phenoxy) is 3. The molecule has 0 amide bonds. The van der Waals surface area contributed by atoms with Crippen molar-refractivity contribution >= 4 is 11.8 Å². The van der Waals surface area contributed by atoms with E-state index in [0.29, 0.717) is 13.2 Å². The van der Waals surface area contributed by atoms with Gasteiger partial charge in [0.2, 0.25) is 0 Å². The monoisotopic (exact) mass is 466 g/mol. The SMILES string of the molecule is Cc1ccc(S[C@@H]2O[C@H](CO)[C@H](OCc3ccccc3)[C@H](O)[C@H]2OCc2ccccc2)cc1. The molecule has 0 aromatic heterocycles. The minimum Gasteiger partial charge on any atom is -0.394 e. The normalized spacial score (nSPS) is 25.1. The molecule has 174 valence electrons. The Labute approximate surface area is 199 Å². The van der Waals surface area contributed by atoms with Gasteiger partial charge in [0.25, 0.3) is 0 Å². The van der Waals surface area contributed by atoms with Crippen molar-refractivity contribution in [3.8, 4) is 0 Å². The fourth-order valence-corrected chi connectivity index (χ4v) is 4.94. The second-order valence-corrected chi connectivity index (χ2v) is 9.34. The highest BCUT2D eigenvalue weighted by atomic mass is 32.2. The molecule has 0 unspecified atom stereocenters. The fraction of sp³-hybridized carbons (Fsp3) is 0.333. The van der Waals surface area contributed by atoms with E-state index in [1.165, 1.54) is 17.3 Å². The molecule has 1 fully saturated rings. The smallest absolute Gasteiger partial charge is 0.137 e. The van der Waals surface area contributed by atoms with Crippen LogP contribution in [0.4, 0.5) is 0 Å². The maximum Gasteiger partial charge on any atom is 0.137 e. The molecule has 0 saturated carbocycles. The Hall–Kier alpha value is -2.19. The zero-order valence-electron chi connectivity index (χ0n) is 18.6. The summed E-state index contributed by atoms with van der Waals surface area (Å²) in [6, 6.07) is 27.7. The van der Waals surface area contributed by atoms with Gasteiger partial charge >= 0.3 is 0 Å². The van der Waals surface area contributed by atoms with Crippen LogP contribution in [0.2, 0.25) is 0 Å². The van der Waals surface area contributed by atoms with Crippen LogP contribution in [-0.2, 0) is 27.4 Å². The lowest BCUT2D eigenvalue weighted by Gasteiger charge is -2.43. The van der Waals surface area contributed by atoms with Crippen molar-refractivity contribution in [2.24, 2.45) is 0 Å². The Morgan fingerprint density at radius 1 is 0.788 bits per heavy atom. The van der Waals surface area contributed by atoms with E-state index in [1.807, 2.05) is 91.9 Å². The maximum atomic E-state index is 11.3. The molecule has 33 heavy (non-hydrogen) atoms. The highest BCUT2D eigenvalue weighted by molar-refractivity contribution is 7.99. The predicted molar refractivity (Wildman–Crippen MR) is 129 cm³/mol. The van der Waals surface area contributed by atoms with Crippen molar-refractivity contribution in [1.29, 1.82) is 0 Å². The molecular formula is C27H30O5S. The van der Waals surface area contributed by atoms with Crippen LogP contribution in [0, 0.1) is 6.92 Å². The van der Waals surface area contributed by atoms with Gasteiger partial charge in [-0.15, -0.1) is 0 Å². The first-order valence-electron chi connectivity index (χ1n) is 11.1. The van der Waals surface area contributed by atoms with Crippen molar-refractivity contribution in [3.63, 3.8) is 0 Å². The fourth-order valence-electron chi connectivity index (χ4n) is 3.80. The highest BCUT2D eigenvalue weighted by Crippen LogP contribution is 2.36. The summed E-state index contributed by atoms with van der Waals surface area (Å²) in [5, 5.41) is 21.3. The first-order chi connectivity index (χ1) is 16.1. The van der Waals surface area contributed by atoms with Gasteiger partial charge in [-0.2, -0.15) is 0 Å². The quantitative estimate of drug-likeness (QED) is 0.489. The molecule has 3 aromatic rings. The van der Waals surface area contributed by atoms with E-state index in [-0.39, 0.29) is 6.61 Å². The molecule has 5 atom stereocenters. The van der Waals surface area contributed by atoms with Gasteiger partial charge in [-0.05, 0) is 30.2 Å². The maximum absolute atomic E-state index is 11.3. The second kappa shape index (κ2) is 11.8. The first kappa shape index (κ1) is 24.0. The Morgan fingerprint density at radius 2 is 1.33 bits per heavy atom. The summed E-state index contributed by atoms with van der Waals surface area (Å²) >= 11 is 1.48. The van der Waals surface area contributed by atoms with E-state index in [0.717, 1.165) is 16.0 Å². The van der Waals surface area contributed by atoms with Crippen LogP contribution in [-0.4, -0.2) is 46.7 Å². The largest absolute Gasteiger partial charge is 0.394 e. The van der Waals surface area contributed by atoms with Gasteiger partial charge in [-0.25, -0.2) is 0 Å². The first-order valence-corrected chi connectivity index (χ1v) is 12.0. The molecule has 1 aliphatic rings. The average Bonchev–Trinajstić information content (AvgIpc) is 2.85. The summed E-state index contributed by atoms with van der Waals surface area (Å²) in [7, 11) is 0. The number of hydrogen-bond donors (Lipinski definition) is 2. The van der Waals surface area contributed by atoms with E-state index in [4.69, 9.17) is 14.2 Å². The Bertz CT molecular complexity index is 967. The molecule has 1 heterocycles. The van der Waals surface area contributed by atoms with E-state index in [2.05, 4.69) is 0 Å². The van der Waals surface area contributed by atoms with Crippen molar-refractivity contribution in [2.45, 2.75) is 54.9 Å². The molecule has 6 heteroatoms. The number of rotatable bonds is 9. The van der Waals surface area contributed by atoms with E-state index in [9.17, 15) is 10.2 Å². The third-order valence-electron chi connectivity index (χ3n) is 5.64. The molecule has 0 aliphatic carbocycles. The molecular weight excluding hydrogens is 436 g/mol. The molecule has 2 N–H and O–H groups in total. The van der Waals surface area contributed by atoms with Crippen LogP contribution in [0.25, 0.3) is 0 Å². The minimum absolute atomic E-state index is 0.257. The molecule has 0 radical (unpaired) electrons. The zero-order chi connectivity index (χ0) is 23.0. The standard InChI is InChI=1S/C27H30O5S/c1-19-12-14-22(15-13-19)33-27-26(31-18-21-10-6-3-7-11-21)24(29)25(23(16-28)32-27)30-17-20-8-4-2-5-9-20/h2-15,23-29H,16-18H2,1H3/t23-,24+,25+,26-,27+/m1/s1. The molecule has 3 aromatic carbocycles. The van der Waals surface area contributed by atoms with Crippen LogP contribution in [0.1, 0.15) is 16.7 Å². The van der Waals surface area contributed by atoms with Crippen LogP contribution in [0.5, 0.6) is 0 Å². The van der Waals surface area contributed by atoms with Gasteiger partial charge in [0.15, 0.2) is 0 Å². The van der Waals surface area contributed by atoms with Gasteiger partial charge in [0.1, 0.15) is 29.9 Å². The van der Waals surface area contributed by atoms with Gasteiger partial charge in [-0.1, -0.05) is 90.1 Å². The molecule has 5 nitrogen and oxygen atoms in total. The lowest BCUT2D eigenvalue weighted by molar-refractivity contribution is -0.237. The molecule has 0 spiro atoms. The predicted octanol–water partition coefficient (Wildman–Crippen LogP) is 4.34. The third-order valence-corrected chi connectivity index (χ3v) is 6.80. The van der Waals surface area contributed by atoms with Gasteiger partial charge in [-0.3, -0.25) is 0 Å². The number of benzene rings is 3. The number of hydrogen-bond acceptors (Lipinski definition) is 6. The summed E-state index contributed by atoms with van der Waals surface area (Å²) < 4.78 is 18.5. The number of aryl methyl sites for hydroxylation is 1. The summed E-state index contributed by atoms with van der Waals surface area (Å²) in [6.07, 6.45) is -2.99. The Kier molecular flexibility index (Phi) is 8.56. The van der Waals surface area contributed by atoms with Gasteiger partial charge in [0, 0.05) is 4.90 Å². The lowest BCUT2D eigenvalue weighted by Crippen LogP contribution is -2.59. The molecule has 1 saturated heterocycles. The van der Waals surface area contributed by atoms with Crippen LogP contribution < -0.4 is 0 Å². The van der Waals surface area contributed by atoms with Crippen LogP contribution in [0.3, 0.4) is 0 Å². The van der Waals surface area contributed by atoms with Crippen molar-refractivity contribution in [3.05, 3.63) is 102 Å². The van der Waals surface area contributed by atoms with Crippen molar-refractivity contribution < 1.29 is 24.4 Å². The Morgan fingerprint density at radius 3 is 1.88 bits per heavy atom. The van der Waals surface area contributed by atoms with Gasteiger partial charge in [0.05, 0.1) is 19.8 Å². The van der Waals surface area contributed by atoms with E-state index >= 15 is 0 Å². The summed E-state index contributed by atoms with van der Waals surface area (Å²) in [6.45, 7) is 2.43. The molecule has 0 bridgehead atoms. The number of aliphatic hydroxyl groups is 2. The summed E-state index contributed by atoms with van der Waals surface area (Å²) in [4.78, 5) is 1.01. The lowest BCUT2D eigenvalue weighted by atomic mass is 9.99. The zero-order valence-corrected chi connectivity index (χ0v) is 19.4. The van der Waals surface area contributed by atoms with Crippen LogP contribution in [0.15, 0.2) is 89.8 Å². The number of aliphatic hydroxyl groups excluding tert-OH is 2. The summed E-state index contributed by atoms with van der Waals surface area (Å²) in [5.74, 6) is 0. The molecule has 4 rings (SSSR count). The third kappa shape index (κ3) is 6.44. The second-order valence-electron chi connectivity index (χ2n) is 8.17. The highest BCUT2D eigenvalue weighted by Gasteiger charge is 2.46. The topological polar surface area (TPSA) is 68.2 Å². The molecule has 1 aliphatic heterocycles. The summed E-state index contributed by atoms with van der Waals surface area (Å²) in [5.41, 5.74) is 2.66. The van der Waals surface area contributed by atoms with Gasteiger partial charge < -0.3 is 24.4 Å². The van der Waals surface area contributed by atoms with Crippen molar-refractivity contribution in [2.75, 3.05) is 6.61 Å². The minimum atomic E-state index is -0.966.